The van der Waals surface area contributed by atoms with E-state index in [0.717, 1.165) is 30.2 Å². The number of likely N-dealkylation sites (tertiary alicyclic amines) is 2. The molecule has 1 aromatic heterocycles. The topological polar surface area (TPSA) is 80.6 Å². The number of amides is 2. The fourth-order valence-electron chi connectivity index (χ4n) is 4.27. The molecule has 0 bridgehead atoms. The predicted octanol–water partition coefficient (Wildman–Crippen LogP) is 1.99. The van der Waals surface area contributed by atoms with Crippen molar-refractivity contribution >= 4 is 11.8 Å². The Balaban J connectivity index is 1.24. The summed E-state index contributed by atoms with van der Waals surface area (Å²) in [6, 6.07) is 9.70. The van der Waals surface area contributed by atoms with Gasteiger partial charge >= 0.3 is 0 Å². The molecule has 8 heteroatoms. The summed E-state index contributed by atoms with van der Waals surface area (Å²) in [4.78, 5) is 33.6. The summed E-state index contributed by atoms with van der Waals surface area (Å²) in [5, 5.41) is 4.43. The first-order chi connectivity index (χ1) is 14.5. The molecule has 160 valence electrons. The van der Waals surface area contributed by atoms with Crippen molar-refractivity contribution in [1.82, 2.24) is 24.6 Å². The molecule has 2 aromatic rings. The van der Waals surface area contributed by atoms with Crippen molar-refractivity contribution in [2.24, 2.45) is 5.92 Å². The van der Waals surface area contributed by atoms with Crippen molar-refractivity contribution in [3.63, 3.8) is 0 Å². The normalized spacial score (nSPS) is 19.5. The van der Waals surface area contributed by atoms with Gasteiger partial charge in [-0.1, -0.05) is 18.2 Å². The first-order valence-corrected chi connectivity index (χ1v) is 10.7. The summed E-state index contributed by atoms with van der Waals surface area (Å²) in [5.74, 6) is 2.50. The van der Waals surface area contributed by atoms with Crippen molar-refractivity contribution in [2.75, 3.05) is 32.8 Å². The van der Waals surface area contributed by atoms with Gasteiger partial charge in [-0.2, -0.15) is 5.10 Å². The number of carbonyl (C=O) groups is 2. The van der Waals surface area contributed by atoms with Gasteiger partial charge in [-0.15, -0.1) is 0 Å². The molecule has 2 aliphatic rings. The van der Waals surface area contributed by atoms with Crippen molar-refractivity contribution in [1.29, 1.82) is 0 Å². The van der Waals surface area contributed by atoms with Crippen LogP contribution in [0.2, 0.25) is 0 Å². The van der Waals surface area contributed by atoms with Gasteiger partial charge < -0.3 is 14.5 Å². The van der Waals surface area contributed by atoms with E-state index in [-0.39, 0.29) is 23.8 Å². The lowest BCUT2D eigenvalue weighted by atomic mass is 9.94. The monoisotopic (exact) mass is 411 g/mol. The van der Waals surface area contributed by atoms with Gasteiger partial charge in [-0.3, -0.25) is 9.59 Å². The van der Waals surface area contributed by atoms with Crippen molar-refractivity contribution < 1.29 is 14.3 Å². The number of aromatic nitrogens is 3. The number of benzene rings is 1. The summed E-state index contributed by atoms with van der Waals surface area (Å²) >= 11 is 0. The average molecular weight is 412 g/mol. The SMILES string of the molecule is Cc1nc(C)n(C2CN(C(=O)C3CCCN(C(=O)CCOc4ccccc4)C3)C2)n1. The summed E-state index contributed by atoms with van der Waals surface area (Å²) in [6.45, 7) is 6.72. The third-order valence-corrected chi connectivity index (χ3v) is 5.88. The molecule has 0 radical (unpaired) electrons. The van der Waals surface area contributed by atoms with Gasteiger partial charge in [0, 0.05) is 26.2 Å². The second-order valence-electron chi connectivity index (χ2n) is 8.14. The lowest BCUT2D eigenvalue weighted by Gasteiger charge is -2.43. The summed E-state index contributed by atoms with van der Waals surface area (Å²) in [7, 11) is 0. The van der Waals surface area contributed by atoms with E-state index in [0.29, 0.717) is 39.2 Å². The molecule has 4 rings (SSSR count). The highest BCUT2D eigenvalue weighted by atomic mass is 16.5. The predicted molar refractivity (Wildman–Crippen MR) is 111 cm³/mol. The van der Waals surface area contributed by atoms with E-state index < -0.39 is 0 Å². The van der Waals surface area contributed by atoms with E-state index in [2.05, 4.69) is 10.1 Å². The molecule has 2 fully saturated rings. The Kier molecular flexibility index (Phi) is 6.01. The first kappa shape index (κ1) is 20.4. The van der Waals surface area contributed by atoms with Crippen LogP contribution in [0.3, 0.4) is 0 Å². The van der Waals surface area contributed by atoms with Gasteiger partial charge in [0.25, 0.3) is 0 Å². The standard InChI is InChI=1S/C22H29N5O3/c1-16-23-17(2)27(24-16)19-14-26(15-19)22(29)18-7-6-11-25(13-18)21(28)10-12-30-20-8-4-3-5-9-20/h3-5,8-9,18-19H,6-7,10-15H2,1-2H3. The van der Waals surface area contributed by atoms with E-state index in [9.17, 15) is 9.59 Å². The molecule has 2 saturated heterocycles. The number of ether oxygens (including phenoxy) is 1. The van der Waals surface area contributed by atoms with E-state index >= 15 is 0 Å². The zero-order valence-corrected chi connectivity index (χ0v) is 17.7. The van der Waals surface area contributed by atoms with Crippen LogP contribution in [-0.4, -0.2) is 69.2 Å². The fraction of sp³-hybridized carbons (Fsp3) is 0.545. The average Bonchev–Trinajstić information content (AvgIpc) is 3.05. The van der Waals surface area contributed by atoms with Crippen LogP contribution in [0.25, 0.3) is 0 Å². The Morgan fingerprint density at radius 3 is 2.57 bits per heavy atom. The lowest BCUT2D eigenvalue weighted by molar-refractivity contribution is -0.145. The van der Waals surface area contributed by atoms with E-state index in [1.807, 2.05) is 58.7 Å². The number of para-hydroxylation sites is 1. The number of hydrogen-bond acceptors (Lipinski definition) is 5. The Morgan fingerprint density at radius 2 is 1.87 bits per heavy atom. The molecule has 3 heterocycles. The summed E-state index contributed by atoms with van der Waals surface area (Å²) < 4.78 is 7.55. The molecule has 1 aromatic carbocycles. The van der Waals surface area contributed by atoms with Gasteiger partial charge in [0.1, 0.15) is 17.4 Å². The Labute approximate surface area is 176 Å². The number of carbonyl (C=O) groups excluding carboxylic acids is 2. The Bertz CT molecular complexity index is 891. The molecule has 0 spiro atoms. The molecule has 2 aliphatic heterocycles. The molecule has 30 heavy (non-hydrogen) atoms. The second kappa shape index (κ2) is 8.85. The zero-order chi connectivity index (χ0) is 21.1. The molecule has 8 nitrogen and oxygen atoms in total. The molecule has 1 atom stereocenters. The summed E-state index contributed by atoms with van der Waals surface area (Å²) in [5.41, 5.74) is 0. The van der Waals surface area contributed by atoms with Crippen LogP contribution in [0.4, 0.5) is 0 Å². The van der Waals surface area contributed by atoms with E-state index in [1.165, 1.54) is 0 Å². The minimum atomic E-state index is -0.114. The van der Waals surface area contributed by atoms with Gasteiger partial charge in [-0.25, -0.2) is 9.67 Å². The Morgan fingerprint density at radius 1 is 1.10 bits per heavy atom. The maximum atomic E-state index is 12.9. The number of aryl methyl sites for hydroxylation is 2. The van der Waals surface area contributed by atoms with Crippen LogP contribution >= 0.6 is 0 Å². The summed E-state index contributed by atoms with van der Waals surface area (Å²) in [6.07, 6.45) is 2.03. The largest absolute Gasteiger partial charge is 0.493 e. The van der Waals surface area contributed by atoms with Gasteiger partial charge in [-0.05, 0) is 38.8 Å². The van der Waals surface area contributed by atoms with Crippen LogP contribution in [-0.2, 0) is 9.59 Å². The number of rotatable bonds is 6. The highest BCUT2D eigenvalue weighted by Crippen LogP contribution is 2.27. The quantitative estimate of drug-likeness (QED) is 0.726. The Hall–Kier alpha value is -2.90. The minimum Gasteiger partial charge on any atom is -0.493 e. The molecular formula is C22H29N5O3. The van der Waals surface area contributed by atoms with Crippen LogP contribution in [0.15, 0.2) is 30.3 Å². The molecule has 2 amide bonds. The van der Waals surface area contributed by atoms with Crippen molar-refractivity contribution in [3.05, 3.63) is 42.0 Å². The van der Waals surface area contributed by atoms with Crippen LogP contribution in [0, 0.1) is 19.8 Å². The molecule has 0 saturated carbocycles. The third kappa shape index (κ3) is 4.47. The number of hydrogen-bond donors (Lipinski definition) is 0. The molecule has 0 N–H and O–H groups in total. The highest BCUT2D eigenvalue weighted by molar-refractivity contribution is 5.82. The number of piperidine rings is 1. The van der Waals surface area contributed by atoms with Gasteiger partial charge in [0.15, 0.2) is 0 Å². The smallest absolute Gasteiger partial charge is 0.227 e. The maximum Gasteiger partial charge on any atom is 0.227 e. The zero-order valence-electron chi connectivity index (χ0n) is 17.7. The van der Waals surface area contributed by atoms with Crippen molar-refractivity contribution in [3.8, 4) is 5.75 Å². The van der Waals surface area contributed by atoms with Crippen LogP contribution in [0.1, 0.15) is 37.0 Å². The van der Waals surface area contributed by atoms with Crippen LogP contribution < -0.4 is 4.74 Å². The molecule has 0 aliphatic carbocycles. The van der Waals surface area contributed by atoms with E-state index in [1.54, 1.807) is 0 Å². The number of nitrogens with zero attached hydrogens (tertiary/aromatic N) is 5. The fourth-order valence-corrected chi connectivity index (χ4v) is 4.27. The molecule has 1 unspecified atom stereocenters. The van der Waals surface area contributed by atoms with Gasteiger partial charge in [0.2, 0.25) is 11.8 Å². The van der Waals surface area contributed by atoms with Gasteiger partial charge in [0.05, 0.1) is 25.0 Å². The lowest BCUT2D eigenvalue weighted by Crippen LogP contribution is -2.55. The highest BCUT2D eigenvalue weighted by Gasteiger charge is 2.38. The minimum absolute atomic E-state index is 0.0543. The van der Waals surface area contributed by atoms with Crippen molar-refractivity contribution in [2.45, 2.75) is 39.2 Å². The first-order valence-electron chi connectivity index (χ1n) is 10.7. The van der Waals surface area contributed by atoms with E-state index in [4.69, 9.17) is 4.74 Å². The second-order valence-corrected chi connectivity index (χ2v) is 8.14. The molecular weight excluding hydrogens is 382 g/mol. The maximum absolute atomic E-state index is 12.9. The van der Waals surface area contributed by atoms with Crippen LogP contribution in [0.5, 0.6) is 5.75 Å². The third-order valence-electron chi connectivity index (χ3n) is 5.88.